The normalized spacial score (nSPS) is 18.0. The molecule has 32 heavy (non-hydrogen) atoms. The molecule has 2 aromatic rings. The number of aromatic nitrogens is 2. The van der Waals surface area contributed by atoms with E-state index in [2.05, 4.69) is 10.00 Å². The largest absolute Gasteiger partial charge is 0.342 e. The monoisotopic (exact) mass is 456 g/mol. The number of hydrogen-bond acceptors (Lipinski definition) is 3. The molecule has 6 nitrogen and oxygen atoms in total. The van der Waals surface area contributed by atoms with Crippen molar-refractivity contribution in [3.63, 3.8) is 0 Å². The number of halogens is 1. The number of piperidine rings is 1. The van der Waals surface area contributed by atoms with E-state index in [1.165, 1.54) is 12.8 Å². The Hall–Kier alpha value is -2.34. The van der Waals surface area contributed by atoms with Crippen molar-refractivity contribution in [2.75, 3.05) is 26.2 Å². The molecular formula is C25H33ClN4O2. The van der Waals surface area contributed by atoms with Crippen LogP contribution in [0.1, 0.15) is 65.8 Å². The van der Waals surface area contributed by atoms with Gasteiger partial charge in [0.15, 0.2) is 0 Å². The van der Waals surface area contributed by atoms with Gasteiger partial charge in [-0.2, -0.15) is 5.10 Å². The zero-order chi connectivity index (χ0) is 22.7. The Morgan fingerprint density at radius 1 is 0.969 bits per heavy atom. The lowest BCUT2D eigenvalue weighted by atomic mass is 9.94. The molecule has 0 saturated carbocycles. The van der Waals surface area contributed by atoms with Gasteiger partial charge in [0.05, 0.1) is 17.8 Å². The number of rotatable bonds is 4. The summed E-state index contributed by atoms with van der Waals surface area (Å²) in [5.74, 6) is 0.354. The van der Waals surface area contributed by atoms with Gasteiger partial charge in [0, 0.05) is 42.8 Å². The van der Waals surface area contributed by atoms with Crippen LogP contribution >= 0.6 is 11.6 Å². The van der Waals surface area contributed by atoms with E-state index in [1.54, 1.807) is 0 Å². The summed E-state index contributed by atoms with van der Waals surface area (Å²) in [5.41, 5.74) is 3.25. The average molecular weight is 457 g/mol. The topological polar surface area (TPSA) is 58.4 Å². The van der Waals surface area contributed by atoms with E-state index in [9.17, 15) is 9.59 Å². The zero-order valence-corrected chi connectivity index (χ0v) is 19.9. The minimum Gasteiger partial charge on any atom is -0.342 e. The third-order valence-electron chi connectivity index (χ3n) is 6.92. The van der Waals surface area contributed by atoms with Crippen LogP contribution in [0.2, 0.25) is 5.02 Å². The Labute approximate surface area is 195 Å². The number of aryl methyl sites for hydroxylation is 1. The Morgan fingerprint density at radius 2 is 1.62 bits per heavy atom. The van der Waals surface area contributed by atoms with Gasteiger partial charge in [-0.3, -0.25) is 14.3 Å². The highest BCUT2D eigenvalue weighted by Crippen LogP contribution is 2.25. The van der Waals surface area contributed by atoms with E-state index in [-0.39, 0.29) is 11.8 Å². The second-order valence-corrected chi connectivity index (χ2v) is 9.51. The van der Waals surface area contributed by atoms with E-state index in [1.807, 2.05) is 47.7 Å². The molecule has 0 N–H and O–H groups in total. The summed E-state index contributed by atoms with van der Waals surface area (Å²) in [7, 11) is 0. The van der Waals surface area contributed by atoms with Crippen LogP contribution in [0.25, 0.3) is 0 Å². The first kappa shape index (κ1) is 22.8. The second-order valence-electron chi connectivity index (χ2n) is 9.10. The number of amides is 2. The van der Waals surface area contributed by atoms with Crippen molar-refractivity contribution in [3.8, 4) is 0 Å². The van der Waals surface area contributed by atoms with E-state index >= 15 is 0 Å². The minimum atomic E-state index is 0.0195. The van der Waals surface area contributed by atoms with E-state index < -0.39 is 0 Å². The van der Waals surface area contributed by atoms with Gasteiger partial charge in [0.25, 0.3) is 5.91 Å². The van der Waals surface area contributed by atoms with Gasteiger partial charge in [0.2, 0.25) is 5.91 Å². The Bertz CT molecular complexity index is 970. The molecule has 0 atom stereocenters. The maximum atomic E-state index is 13.3. The number of benzene rings is 1. The molecule has 0 spiro atoms. The van der Waals surface area contributed by atoms with Crippen LogP contribution in [0, 0.1) is 19.8 Å². The highest BCUT2D eigenvalue weighted by atomic mass is 35.5. The average Bonchev–Trinajstić information content (AvgIpc) is 2.97. The van der Waals surface area contributed by atoms with Gasteiger partial charge in [0.1, 0.15) is 0 Å². The number of likely N-dealkylation sites (tertiary alicyclic amines) is 2. The van der Waals surface area contributed by atoms with Gasteiger partial charge >= 0.3 is 0 Å². The molecule has 3 heterocycles. The summed E-state index contributed by atoms with van der Waals surface area (Å²) in [5, 5.41) is 5.32. The van der Waals surface area contributed by atoms with Crippen LogP contribution in [-0.2, 0) is 11.3 Å². The SMILES string of the molecule is Cc1nn(Cc2ccccc2Cl)c(C)c1C(=O)N1CCC(C(=O)N2CCCCCC2)CC1. The van der Waals surface area contributed by atoms with Gasteiger partial charge in [-0.25, -0.2) is 0 Å². The highest BCUT2D eigenvalue weighted by Gasteiger charge is 2.32. The highest BCUT2D eigenvalue weighted by molar-refractivity contribution is 6.31. The summed E-state index contributed by atoms with van der Waals surface area (Å²) in [6.45, 7) is 7.39. The Morgan fingerprint density at radius 3 is 2.28 bits per heavy atom. The van der Waals surface area contributed by atoms with E-state index in [0.717, 1.165) is 55.7 Å². The number of nitrogens with zero attached hydrogens (tertiary/aromatic N) is 4. The molecule has 4 rings (SSSR count). The molecule has 0 unspecified atom stereocenters. The summed E-state index contributed by atoms with van der Waals surface area (Å²) in [6.07, 6.45) is 6.15. The van der Waals surface area contributed by atoms with Crippen LogP contribution in [0.4, 0.5) is 0 Å². The summed E-state index contributed by atoms with van der Waals surface area (Å²) in [4.78, 5) is 30.3. The number of carbonyl (C=O) groups excluding carboxylic acids is 2. The molecule has 2 fully saturated rings. The van der Waals surface area contributed by atoms with Crippen LogP contribution in [0.15, 0.2) is 24.3 Å². The lowest BCUT2D eigenvalue weighted by Gasteiger charge is -2.34. The fourth-order valence-electron chi connectivity index (χ4n) is 4.99. The van der Waals surface area contributed by atoms with Crippen molar-refractivity contribution in [3.05, 3.63) is 51.8 Å². The van der Waals surface area contributed by atoms with Gasteiger partial charge in [-0.15, -0.1) is 0 Å². The fraction of sp³-hybridized carbons (Fsp3) is 0.560. The zero-order valence-electron chi connectivity index (χ0n) is 19.1. The van der Waals surface area contributed by atoms with Crippen molar-refractivity contribution in [1.82, 2.24) is 19.6 Å². The third-order valence-corrected chi connectivity index (χ3v) is 7.29. The van der Waals surface area contributed by atoms with Crippen molar-refractivity contribution >= 4 is 23.4 Å². The van der Waals surface area contributed by atoms with Crippen LogP contribution in [-0.4, -0.2) is 57.6 Å². The molecule has 2 amide bonds. The molecule has 0 aliphatic carbocycles. The molecule has 7 heteroatoms. The number of hydrogen-bond donors (Lipinski definition) is 0. The van der Waals surface area contributed by atoms with E-state index in [0.29, 0.717) is 36.1 Å². The number of carbonyl (C=O) groups is 2. The quantitative estimate of drug-likeness (QED) is 0.682. The standard InChI is InChI=1S/C25H33ClN4O2/c1-18-23(19(2)30(27-18)17-21-9-5-6-10-22(21)26)25(32)29-15-11-20(12-16-29)24(31)28-13-7-3-4-8-14-28/h5-6,9-10,20H,3-4,7-8,11-17H2,1-2H3. The molecule has 0 bridgehead atoms. The summed E-state index contributed by atoms with van der Waals surface area (Å²) < 4.78 is 1.86. The molecule has 0 radical (unpaired) electrons. The molecular weight excluding hydrogens is 424 g/mol. The minimum absolute atomic E-state index is 0.0195. The lowest BCUT2D eigenvalue weighted by Crippen LogP contribution is -2.44. The predicted molar refractivity (Wildman–Crippen MR) is 126 cm³/mol. The van der Waals surface area contributed by atoms with Crippen molar-refractivity contribution in [2.24, 2.45) is 5.92 Å². The molecule has 172 valence electrons. The smallest absolute Gasteiger partial charge is 0.257 e. The molecule has 2 saturated heterocycles. The van der Waals surface area contributed by atoms with Gasteiger partial charge in [-0.05, 0) is 51.2 Å². The first-order valence-corrected chi connectivity index (χ1v) is 12.2. The Balaban J connectivity index is 1.40. The first-order valence-electron chi connectivity index (χ1n) is 11.8. The Kier molecular flexibility index (Phi) is 7.19. The van der Waals surface area contributed by atoms with E-state index in [4.69, 9.17) is 11.6 Å². The lowest BCUT2D eigenvalue weighted by molar-refractivity contribution is -0.136. The maximum Gasteiger partial charge on any atom is 0.257 e. The van der Waals surface area contributed by atoms with Crippen molar-refractivity contribution in [1.29, 1.82) is 0 Å². The summed E-state index contributed by atoms with van der Waals surface area (Å²) >= 11 is 6.31. The van der Waals surface area contributed by atoms with Crippen LogP contribution in [0.5, 0.6) is 0 Å². The van der Waals surface area contributed by atoms with Crippen molar-refractivity contribution in [2.45, 2.75) is 58.9 Å². The van der Waals surface area contributed by atoms with Crippen LogP contribution < -0.4 is 0 Å². The molecule has 2 aliphatic rings. The first-order chi connectivity index (χ1) is 15.5. The fourth-order valence-corrected chi connectivity index (χ4v) is 5.18. The summed E-state index contributed by atoms with van der Waals surface area (Å²) in [6, 6.07) is 7.71. The third kappa shape index (κ3) is 4.85. The van der Waals surface area contributed by atoms with Crippen LogP contribution in [0.3, 0.4) is 0 Å². The second kappa shape index (κ2) is 10.1. The van der Waals surface area contributed by atoms with Crippen molar-refractivity contribution < 1.29 is 9.59 Å². The van der Waals surface area contributed by atoms with Gasteiger partial charge in [-0.1, -0.05) is 42.6 Å². The van der Waals surface area contributed by atoms with Gasteiger partial charge < -0.3 is 9.80 Å². The maximum absolute atomic E-state index is 13.3. The molecule has 1 aromatic carbocycles. The molecule has 2 aliphatic heterocycles. The predicted octanol–water partition coefficient (Wildman–Crippen LogP) is 4.46. The molecule has 1 aromatic heterocycles.